The number of nitrogens with one attached hydrogen (secondary N) is 2. The van der Waals surface area contributed by atoms with Crippen LogP contribution in [-0.2, 0) is 21.2 Å². The topological polar surface area (TPSA) is 87.7 Å². The number of amides is 1. The van der Waals surface area contributed by atoms with E-state index in [9.17, 15) is 13.2 Å². The number of ether oxygens (including phenoxy) is 1. The Morgan fingerprint density at radius 3 is 2.66 bits per heavy atom. The van der Waals surface area contributed by atoms with Crippen molar-refractivity contribution in [1.29, 1.82) is 0 Å². The molecule has 0 spiro atoms. The van der Waals surface area contributed by atoms with Gasteiger partial charge in [0.1, 0.15) is 0 Å². The van der Waals surface area contributed by atoms with E-state index in [1.165, 1.54) is 18.2 Å². The van der Waals surface area contributed by atoms with Gasteiger partial charge in [-0.15, -0.1) is 0 Å². The third kappa shape index (κ3) is 4.76. The highest BCUT2D eigenvalue weighted by Gasteiger charge is 2.36. The molecular formula is C24H31N3O4S. The summed E-state index contributed by atoms with van der Waals surface area (Å²) in [6.07, 6.45) is 0.767. The molecule has 0 aromatic heterocycles. The largest absolute Gasteiger partial charge is 0.378 e. The van der Waals surface area contributed by atoms with E-state index in [4.69, 9.17) is 4.74 Å². The lowest BCUT2D eigenvalue weighted by atomic mass is 9.72. The zero-order valence-electron chi connectivity index (χ0n) is 18.8. The van der Waals surface area contributed by atoms with Crippen LogP contribution >= 0.6 is 0 Å². The number of carbonyl (C=O) groups is 1. The van der Waals surface area contributed by atoms with Crippen molar-refractivity contribution in [3.8, 4) is 0 Å². The maximum atomic E-state index is 12.4. The molecular weight excluding hydrogens is 426 g/mol. The summed E-state index contributed by atoms with van der Waals surface area (Å²) in [6.45, 7) is 9.22. The highest BCUT2D eigenvalue weighted by Crippen LogP contribution is 2.45. The van der Waals surface area contributed by atoms with Gasteiger partial charge in [-0.05, 0) is 60.2 Å². The van der Waals surface area contributed by atoms with Gasteiger partial charge in [0.05, 0.1) is 25.0 Å². The number of fused-ring (bicyclic) bond motifs is 1. The van der Waals surface area contributed by atoms with Gasteiger partial charge >= 0.3 is 0 Å². The predicted molar refractivity (Wildman–Crippen MR) is 127 cm³/mol. The first-order valence-corrected chi connectivity index (χ1v) is 12.7. The van der Waals surface area contributed by atoms with Gasteiger partial charge in [0, 0.05) is 30.0 Å². The highest BCUT2D eigenvalue weighted by atomic mass is 32.2. The molecule has 1 atom stereocenters. The standard InChI is InChI=1S/C24H31N3O4S/c1-4-32(29,30)26-23(28)18-8-9-21-19(14-18)16-24(2,3)22(25-21)17-6-5-7-20(15-17)27-10-12-31-13-11-27/h5-9,14-15,22,25H,4,10-13,16H2,1-3H3,(H,26,28). The van der Waals surface area contributed by atoms with Gasteiger partial charge in [-0.25, -0.2) is 13.1 Å². The van der Waals surface area contributed by atoms with Crippen LogP contribution in [0.25, 0.3) is 0 Å². The van der Waals surface area contributed by atoms with Gasteiger partial charge in [0.2, 0.25) is 10.0 Å². The van der Waals surface area contributed by atoms with Crippen LogP contribution in [0.15, 0.2) is 42.5 Å². The van der Waals surface area contributed by atoms with Crippen molar-refractivity contribution in [2.45, 2.75) is 33.2 Å². The van der Waals surface area contributed by atoms with E-state index in [0.29, 0.717) is 5.56 Å². The molecule has 2 aliphatic heterocycles. The van der Waals surface area contributed by atoms with E-state index < -0.39 is 15.9 Å². The number of hydrogen-bond acceptors (Lipinski definition) is 6. The van der Waals surface area contributed by atoms with Crippen molar-refractivity contribution < 1.29 is 17.9 Å². The molecule has 1 fully saturated rings. The predicted octanol–water partition coefficient (Wildman–Crippen LogP) is 3.34. The Morgan fingerprint density at radius 2 is 1.94 bits per heavy atom. The molecule has 1 saturated heterocycles. The molecule has 2 aliphatic rings. The lowest BCUT2D eigenvalue weighted by molar-refractivity contribution is 0.0981. The molecule has 2 N–H and O–H groups in total. The second-order valence-corrected chi connectivity index (χ2v) is 11.2. The fourth-order valence-corrected chi connectivity index (χ4v) is 5.04. The van der Waals surface area contributed by atoms with Gasteiger partial charge in [-0.2, -0.15) is 0 Å². The van der Waals surface area contributed by atoms with Crippen LogP contribution in [0.4, 0.5) is 11.4 Å². The number of benzene rings is 2. The Balaban J connectivity index is 1.58. The van der Waals surface area contributed by atoms with Crippen molar-refractivity contribution in [3.63, 3.8) is 0 Å². The first kappa shape index (κ1) is 22.6. The Bertz CT molecular complexity index is 1110. The summed E-state index contributed by atoms with van der Waals surface area (Å²) in [4.78, 5) is 14.8. The molecule has 2 heterocycles. The van der Waals surface area contributed by atoms with E-state index in [1.54, 1.807) is 12.1 Å². The minimum absolute atomic E-state index is 0.108. The number of anilines is 2. The number of morpholine rings is 1. The fourth-order valence-electron chi connectivity index (χ4n) is 4.50. The number of nitrogens with zero attached hydrogens (tertiary/aromatic N) is 1. The Kier molecular flexibility index (Phi) is 6.18. The third-order valence-electron chi connectivity index (χ3n) is 6.30. The second kappa shape index (κ2) is 8.75. The molecule has 2 aromatic carbocycles. The summed E-state index contributed by atoms with van der Waals surface area (Å²) >= 11 is 0. The number of rotatable bonds is 5. The van der Waals surface area contributed by atoms with Crippen LogP contribution in [0.1, 0.15) is 48.3 Å². The number of sulfonamides is 1. The monoisotopic (exact) mass is 457 g/mol. The van der Waals surface area contributed by atoms with Gasteiger partial charge in [0.25, 0.3) is 5.91 Å². The summed E-state index contributed by atoms with van der Waals surface area (Å²) in [7, 11) is -3.60. The SMILES string of the molecule is CCS(=O)(=O)NC(=O)c1ccc2c(c1)CC(C)(C)C(c1cccc(N3CCOCC3)c1)N2. The van der Waals surface area contributed by atoms with Crippen LogP contribution < -0.4 is 14.9 Å². The molecule has 0 radical (unpaired) electrons. The summed E-state index contributed by atoms with van der Waals surface area (Å²) < 4.78 is 31.1. The van der Waals surface area contributed by atoms with Crippen LogP contribution in [0.2, 0.25) is 0 Å². The molecule has 4 rings (SSSR count). The van der Waals surface area contributed by atoms with Crippen molar-refractivity contribution in [2.75, 3.05) is 42.3 Å². The fraction of sp³-hybridized carbons (Fsp3) is 0.458. The average molecular weight is 458 g/mol. The second-order valence-electron chi connectivity index (χ2n) is 9.14. The number of hydrogen-bond donors (Lipinski definition) is 2. The van der Waals surface area contributed by atoms with Gasteiger partial charge in [0.15, 0.2) is 0 Å². The maximum absolute atomic E-state index is 12.4. The first-order chi connectivity index (χ1) is 15.2. The molecule has 1 unspecified atom stereocenters. The van der Waals surface area contributed by atoms with Crippen LogP contribution in [0, 0.1) is 5.41 Å². The minimum Gasteiger partial charge on any atom is -0.378 e. The molecule has 0 aliphatic carbocycles. The molecule has 0 bridgehead atoms. The maximum Gasteiger partial charge on any atom is 0.264 e. The smallest absolute Gasteiger partial charge is 0.264 e. The Morgan fingerprint density at radius 1 is 1.19 bits per heavy atom. The summed E-state index contributed by atoms with van der Waals surface area (Å²) in [5.41, 5.74) is 4.66. The zero-order chi connectivity index (χ0) is 22.9. The first-order valence-electron chi connectivity index (χ1n) is 11.1. The summed E-state index contributed by atoms with van der Waals surface area (Å²) in [6, 6.07) is 14.1. The van der Waals surface area contributed by atoms with Gasteiger partial charge in [-0.1, -0.05) is 26.0 Å². The van der Waals surface area contributed by atoms with Gasteiger partial charge < -0.3 is 15.0 Å². The third-order valence-corrected chi connectivity index (χ3v) is 7.56. The van der Waals surface area contributed by atoms with E-state index in [2.05, 4.69) is 53.1 Å². The number of carbonyl (C=O) groups excluding carboxylic acids is 1. The van der Waals surface area contributed by atoms with Crippen molar-refractivity contribution in [3.05, 3.63) is 59.2 Å². The van der Waals surface area contributed by atoms with E-state index in [-0.39, 0.29) is 17.2 Å². The van der Waals surface area contributed by atoms with Crippen LogP contribution in [0.5, 0.6) is 0 Å². The lowest BCUT2D eigenvalue weighted by Crippen LogP contribution is -2.37. The molecule has 2 aromatic rings. The molecule has 172 valence electrons. The van der Waals surface area contributed by atoms with Crippen LogP contribution in [-0.4, -0.2) is 46.4 Å². The average Bonchev–Trinajstić information content (AvgIpc) is 2.78. The lowest BCUT2D eigenvalue weighted by Gasteiger charge is -2.42. The molecule has 32 heavy (non-hydrogen) atoms. The Hall–Kier alpha value is -2.58. The summed E-state index contributed by atoms with van der Waals surface area (Å²) in [5, 5.41) is 3.67. The Labute approximate surface area is 190 Å². The van der Waals surface area contributed by atoms with Crippen molar-refractivity contribution in [2.24, 2.45) is 5.41 Å². The van der Waals surface area contributed by atoms with E-state index >= 15 is 0 Å². The van der Waals surface area contributed by atoms with Gasteiger partial charge in [-0.3, -0.25) is 4.79 Å². The zero-order valence-corrected chi connectivity index (χ0v) is 19.7. The van der Waals surface area contributed by atoms with Crippen molar-refractivity contribution >= 4 is 27.3 Å². The van der Waals surface area contributed by atoms with E-state index in [0.717, 1.165) is 44.0 Å². The molecule has 0 saturated carbocycles. The highest BCUT2D eigenvalue weighted by molar-refractivity contribution is 7.90. The van der Waals surface area contributed by atoms with E-state index in [1.807, 2.05) is 6.07 Å². The quantitative estimate of drug-likeness (QED) is 0.716. The molecule has 8 heteroatoms. The molecule has 1 amide bonds. The minimum atomic E-state index is -3.60. The normalized spacial score (nSPS) is 20.2. The van der Waals surface area contributed by atoms with Crippen LogP contribution in [0.3, 0.4) is 0 Å². The molecule has 7 nitrogen and oxygen atoms in total. The summed E-state index contributed by atoms with van der Waals surface area (Å²) in [5.74, 6) is -0.725. The van der Waals surface area contributed by atoms with Crippen molar-refractivity contribution in [1.82, 2.24) is 4.72 Å².